The second-order valence-corrected chi connectivity index (χ2v) is 1.95. The van der Waals surface area contributed by atoms with Crippen LogP contribution in [-0.4, -0.2) is 28.3 Å². The van der Waals surface area contributed by atoms with Gasteiger partial charge >= 0.3 is 6.03 Å². The minimum absolute atomic E-state index is 0.279. The Balaban J connectivity index is 2.57. The van der Waals surface area contributed by atoms with Gasteiger partial charge in [0.1, 0.15) is 5.82 Å². The van der Waals surface area contributed by atoms with Crippen molar-refractivity contribution in [3.63, 3.8) is 0 Å². The molecule has 0 aliphatic heterocycles. The van der Waals surface area contributed by atoms with E-state index in [-0.39, 0.29) is 12.0 Å². The summed E-state index contributed by atoms with van der Waals surface area (Å²) in [6.45, 7) is 1.75. The molecule has 0 aliphatic rings. The van der Waals surface area contributed by atoms with E-state index in [9.17, 15) is 4.79 Å². The van der Waals surface area contributed by atoms with Crippen molar-refractivity contribution in [3.8, 4) is 0 Å². The summed E-state index contributed by atoms with van der Waals surface area (Å²) in [6.07, 6.45) is 0. The van der Waals surface area contributed by atoms with Crippen molar-refractivity contribution in [3.05, 3.63) is 5.82 Å². The molecule has 0 saturated carbocycles. The van der Waals surface area contributed by atoms with E-state index in [0.29, 0.717) is 5.82 Å². The summed E-state index contributed by atoms with van der Waals surface area (Å²) in [7, 11) is 1.52. The first-order valence-corrected chi connectivity index (χ1v) is 3.10. The van der Waals surface area contributed by atoms with Crippen molar-refractivity contribution >= 4 is 12.0 Å². The maximum atomic E-state index is 10.7. The number of anilines is 1. The van der Waals surface area contributed by atoms with Crippen LogP contribution in [0.5, 0.6) is 0 Å². The van der Waals surface area contributed by atoms with E-state index >= 15 is 0 Å². The highest BCUT2D eigenvalue weighted by Crippen LogP contribution is 1.95. The highest BCUT2D eigenvalue weighted by Gasteiger charge is 2.01. The van der Waals surface area contributed by atoms with Crippen molar-refractivity contribution in [2.45, 2.75) is 6.92 Å². The zero-order chi connectivity index (χ0) is 8.27. The van der Waals surface area contributed by atoms with Gasteiger partial charge in [0.05, 0.1) is 0 Å². The summed E-state index contributed by atoms with van der Waals surface area (Å²) < 4.78 is 0. The molecule has 0 unspecified atom stereocenters. The molecule has 11 heavy (non-hydrogen) atoms. The Morgan fingerprint density at radius 3 is 2.82 bits per heavy atom. The number of aromatic nitrogens is 3. The third kappa shape index (κ3) is 1.92. The number of H-pyrrole nitrogens is 1. The van der Waals surface area contributed by atoms with Gasteiger partial charge in [0.25, 0.3) is 0 Å². The first-order chi connectivity index (χ1) is 5.22. The molecule has 2 amide bonds. The number of aromatic amines is 1. The molecule has 6 heteroatoms. The third-order valence-electron chi connectivity index (χ3n) is 1.05. The Hall–Kier alpha value is -1.59. The van der Waals surface area contributed by atoms with Crippen LogP contribution in [0.3, 0.4) is 0 Å². The van der Waals surface area contributed by atoms with Crippen LogP contribution in [0.25, 0.3) is 0 Å². The number of hydrogen-bond donors (Lipinski definition) is 3. The summed E-state index contributed by atoms with van der Waals surface area (Å²) in [5.41, 5.74) is 0. The van der Waals surface area contributed by atoms with Crippen LogP contribution in [0.1, 0.15) is 5.82 Å². The molecule has 0 spiro atoms. The van der Waals surface area contributed by atoms with Gasteiger partial charge in [-0.1, -0.05) is 0 Å². The molecule has 1 rings (SSSR count). The van der Waals surface area contributed by atoms with Gasteiger partial charge in [0.2, 0.25) is 5.95 Å². The maximum absolute atomic E-state index is 10.7. The van der Waals surface area contributed by atoms with Crippen LogP contribution in [0.15, 0.2) is 0 Å². The molecule has 0 radical (unpaired) electrons. The van der Waals surface area contributed by atoms with Crippen molar-refractivity contribution in [1.82, 2.24) is 20.5 Å². The lowest BCUT2D eigenvalue weighted by atomic mass is 10.7. The number of rotatable bonds is 1. The average Bonchev–Trinajstić information content (AvgIpc) is 2.35. The van der Waals surface area contributed by atoms with Gasteiger partial charge in [-0.15, -0.1) is 5.10 Å². The number of nitrogens with zero attached hydrogens (tertiary/aromatic N) is 2. The number of aryl methyl sites for hydroxylation is 1. The Bertz CT molecular complexity index is 255. The number of nitrogens with one attached hydrogen (secondary N) is 3. The molecule has 0 fully saturated rings. The molecule has 0 aliphatic carbocycles. The van der Waals surface area contributed by atoms with Crippen molar-refractivity contribution < 1.29 is 4.79 Å². The largest absolute Gasteiger partial charge is 0.341 e. The SMILES string of the molecule is CNC(=O)Nc1n[nH]c(C)n1. The van der Waals surface area contributed by atoms with Gasteiger partial charge in [-0.05, 0) is 6.92 Å². The Labute approximate surface area is 63.4 Å². The number of urea groups is 1. The first kappa shape index (κ1) is 7.52. The fourth-order valence-corrected chi connectivity index (χ4v) is 0.563. The van der Waals surface area contributed by atoms with E-state index < -0.39 is 0 Å². The van der Waals surface area contributed by atoms with Gasteiger partial charge in [0, 0.05) is 7.05 Å². The van der Waals surface area contributed by atoms with Crippen molar-refractivity contribution in [2.75, 3.05) is 12.4 Å². The van der Waals surface area contributed by atoms with Crippen molar-refractivity contribution in [1.29, 1.82) is 0 Å². The predicted octanol–water partition coefficient (Wildman–Crippen LogP) is -0.136. The van der Waals surface area contributed by atoms with E-state index in [1.807, 2.05) is 0 Å². The maximum Gasteiger partial charge on any atom is 0.321 e. The zero-order valence-electron chi connectivity index (χ0n) is 6.30. The number of carbonyl (C=O) groups is 1. The quantitative estimate of drug-likeness (QED) is 0.528. The lowest BCUT2D eigenvalue weighted by molar-refractivity contribution is 0.254. The lowest BCUT2D eigenvalue weighted by Crippen LogP contribution is -2.25. The highest BCUT2D eigenvalue weighted by molar-refractivity contribution is 5.86. The van der Waals surface area contributed by atoms with E-state index in [2.05, 4.69) is 25.8 Å². The molecule has 0 saturated heterocycles. The first-order valence-electron chi connectivity index (χ1n) is 3.10. The second kappa shape index (κ2) is 3.00. The smallest absolute Gasteiger partial charge is 0.321 e. The van der Waals surface area contributed by atoms with Crippen molar-refractivity contribution in [2.24, 2.45) is 0 Å². The second-order valence-electron chi connectivity index (χ2n) is 1.95. The molecule has 1 aromatic heterocycles. The molecule has 1 aromatic rings. The van der Waals surface area contributed by atoms with Crippen LogP contribution in [0, 0.1) is 6.92 Å². The molecule has 0 atom stereocenters. The predicted molar refractivity (Wildman–Crippen MR) is 39.2 cm³/mol. The summed E-state index contributed by atoms with van der Waals surface area (Å²) in [6, 6.07) is -0.330. The van der Waals surface area contributed by atoms with Crippen LogP contribution >= 0.6 is 0 Å². The average molecular weight is 155 g/mol. The molecule has 0 aromatic carbocycles. The fourth-order valence-electron chi connectivity index (χ4n) is 0.563. The molecule has 6 nitrogen and oxygen atoms in total. The van der Waals surface area contributed by atoms with E-state index in [1.165, 1.54) is 7.05 Å². The number of amides is 2. The molecule has 60 valence electrons. The normalized spacial score (nSPS) is 9.27. The molecule has 1 heterocycles. The summed E-state index contributed by atoms with van der Waals surface area (Å²) in [4.78, 5) is 14.5. The third-order valence-corrected chi connectivity index (χ3v) is 1.05. The molecule has 3 N–H and O–H groups in total. The monoisotopic (exact) mass is 155 g/mol. The molecular formula is C5H9N5O. The van der Waals surface area contributed by atoms with Gasteiger partial charge in [0.15, 0.2) is 0 Å². The van der Waals surface area contributed by atoms with Crippen LogP contribution < -0.4 is 10.6 Å². The van der Waals surface area contributed by atoms with Crippen LogP contribution in [0.2, 0.25) is 0 Å². The van der Waals surface area contributed by atoms with Crippen LogP contribution in [0.4, 0.5) is 10.7 Å². The minimum Gasteiger partial charge on any atom is -0.341 e. The lowest BCUT2D eigenvalue weighted by Gasteiger charge is -1.95. The van der Waals surface area contributed by atoms with Crippen LogP contribution in [-0.2, 0) is 0 Å². The minimum atomic E-state index is -0.330. The Kier molecular flexibility index (Phi) is 2.05. The summed E-state index contributed by atoms with van der Waals surface area (Å²) >= 11 is 0. The van der Waals surface area contributed by atoms with Gasteiger partial charge in [-0.25, -0.2) is 4.79 Å². The standard InChI is InChI=1S/C5H9N5O/c1-3-7-4(10-9-3)8-5(11)6-2/h1-2H3,(H3,6,7,8,9,10,11). The molecular weight excluding hydrogens is 146 g/mol. The van der Waals surface area contributed by atoms with Gasteiger partial charge < -0.3 is 5.32 Å². The van der Waals surface area contributed by atoms with E-state index in [1.54, 1.807) is 6.92 Å². The number of hydrogen-bond acceptors (Lipinski definition) is 3. The van der Waals surface area contributed by atoms with Gasteiger partial charge in [-0.2, -0.15) is 4.98 Å². The number of carbonyl (C=O) groups excluding carboxylic acids is 1. The molecule has 0 bridgehead atoms. The van der Waals surface area contributed by atoms with Gasteiger partial charge in [-0.3, -0.25) is 10.4 Å². The Morgan fingerprint density at radius 1 is 1.64 bits per heavy atom. The zero-order valence-corrected chi connectivity index (χ0v) is 6.30. The topological polar surface area (TPSA) is 82.7 Å². The van der Waals surface area contributed by atoms with E-state index in [0.717, 1.165) is 0 Å². The fraction of sp³-hybridized carbons (Fsp3) is 0.400. The Morgan fingerprint density at radius 2 is 2.36 bits per heavy atom. The highest BCUT2D eigenvalue weighted by atomic mass is 16.2. The summed E-state index contributed by atoms with van der Waals surface area (Å²) in [5, 5.41) is 11.1. The summed E-state index contributed by atoms with van der Waals surface area (Å²) in [5.74, 6) is 0.943. The van der Waals surface area contributed by atoms with E-state index in [4.69, 9.17) is 0 Å².